The van der Waals surface area contributed by atoms with E-state index < -0.39 is 0 Å². The van der Waals surface area contributed by atoms with Crippen LogP contribution in [0.5, 0.6) is 0 Å². The standard InChI is InChI=1S/C14H14N4O/c1-3-19-10-16-14-13(9-15)11(2)17-18(14)12-7-5-4-6-8-12/h4-8,10H,3H2,1-2H3. The van der Waals surface area contributed by atoms with Gasteiger partial charge in [0.1, 0.15) is 11.6 Å². The third-order valence-electron chi connectivity index (χ3n) is 2.56. The first-order valence-electron chi connectivity index (χ1n) is 5.97. The molecule has 0 aliphatic rings. The van der Waals surface area contributed by atoms with Crippen molar-refractivity contribution in [2.75, 3.05) is 6.61 Å². The first-order valence-corrected chi connectivity index (χ1v) is 5.97. The zero-order valence-corrected chi connectivity index (χ0v) is 10.9. The molecule has 19 heavy (non-hydrogen) atoms. The minimum absolute atomic E-state index is 0.458. The third kappa shape index (κ3) is 2.63. The van der Waals surface area contributed by atoms with Gasteiger partial charge in [0.2, 0.25) is 0 Å². The summed E-state index contributed by atoms with van der Waals surface area (Å²) in [5.74, 6) is 0.486. The highest BCUT2D eigenvalue weighted by atomic mass is 16.5. The number of nitrogens with zero attached hydrogens (tertiary/aromatic N) is 4. The molecule has 1 aromatic carbocycles. The molecule has 0 fully saturated rings. The number of aliphatic imine (C=N–C) groups is 1. The van der Waals surface area contributed by atoms with E-state index in [1.807, 2.05) is 37.3 Å². The molecule has 2 aromatic rings. The molecule has 0 bridgehead atoms. The lowest BCUT2D eigenvalue weighted by molar-refractivity contribution is 0.343. The molecule has 0 aliphatic heterocycles. The van der Waals surface area contributed by atoms with Crippen molar-refractivity contribution in [2.45, 2.75) is 13.8 Å². The Morgan fingerprint density at radius 1 is 1.42 bits per heavy atom. The number of hydrogen-bond acceptors (Lipinski definition) is 4. The van der Waals surface area contributed by atoms with Gasteiger partial charge in [-0.1, -0.05) is 18.2 Å². The van der Waals surface area contributed by atoms with E-state index in [4.69, 9.17) is 4.74 Å². The fraction of sp³-hybridized carbons (Fsp3) is 0.214. The van der Waals surface area contributed by atoms with Gasteiger partial charge in [-0.25, -0.2) is 4.68 Å². The average molecular weight is 254 g/mol. The van der Waals surface area contributed by atoms with Gasteiger partial charge < -0.3 is 4.74 Å². The number of aromatic nitrogens is 2. The Morgan fingerprint density at radius 2 is 2.16 bits per heavy atom. The maximum Gasteiger partial charge on any atom is 0.177 e. The zero-order valence-electron chi connectivity index (χ0n) is 10.9. The lowest BCUT2D eigenvalue weighted by atomic mass is 10.2. The molecule has 2 rings (SSSR count). The van der Waals surface area contributed by atoms with Crippen LogP contribution in [-0.4, -0.2) is 22.8 Å². The van der Waals surface area contributed by atoms with E-state index in [1.54, 1.807) is 11.6 Å². The van der Waals surface area contributed by atoms with Crippen molar-refractivity contribution in [2.24, 2.45) is 4.99 Å². The van der Waals surface area contributed by atoms with Gasteiger partial charge in [0, 0.05) is 0 Å². The van der Waals surface area contributed by atoms with Gasteiger partial charge in [-0.05, 0) is 26.0 Å². The van der Waals surface area contributed by atoms with Crippen molar-refractivity contribution >= 4 is 12.2 Å². The molecule has 5 heteroatoms. The molecule has 96 valence electrons. The third-order valence-corrected chi connectivity index (χ3v) is 2.56. The summed E-state index contributed by atoms with van der Waals surface area (Å²) in [6.07, 6.45) is 1.34. The van der Waals surface area contributed by atoms with Crippen LogP contribution in [0.4, 0.5) is 5.82 Å². The minimum atomic E-state index is 0.458. The quantitative estimate of drug-likeness (QED) is 0.622. The Kier molecular flexibility index (Phi) is 3.94. The maximum absolute atomic E-state index is 9.20. The number of para-hydroxylation sites is 1. The smallest absolute Gasteiger partial charge is 0.177 e. The lowest BCUT2D eigenvalue weighted by Gasteiger charge is -2.03. The number of benzene rings is 1. The Balaban J connectivity index is 2.53. The van der Waals surface area contributed by atoms with Crippen LogP contribution in [0.15, 0.2) is 35.3 Å². The lowest BCUT2D eigenvalue weighted by Crippen LogP contribution is -1.96. The Hall–Kier alpha value is -2.61. The number of hydrogen-bond donors (Lipinski definition) is 0. The van der Waals surface area contributed by atoms with E-state index in [9.17, 15) is 5.26 Å². The van der Waals surface area contributed by atoms with Crippen LogP contribution in [0.2, 0.25) is 0 Å². The van der Waals surface area contributed by atoms with Crippen LogP contribution in [0.1, 0.15) is 18.2 Å². The van der Waals surface area contributed by atoms with Crippen LogP contribution >= 0.6 is 0 Å². The van der Waals surface area contributed by atoms with E-state index in [2.05, 4.69) is 16.2 Å². The van der Waals surface area contributed by atoms with Crippen molar-refractivity contribution in [3.05, 3.63) is 41.6 Å². The van der Waals surface area contributed by atoms with E-state index in [0.29, 0.717) is 23.7 Å². The normalized spacial score (nSPS) is 10.6. The summed E-state index contributed by atoms with van der Waals surface area (Å²) in [4.78, 5) is 4.19. The van der Waals surface area contributed by atoms with E-state index in [1.165, 1.54) is 6.40 Å². The highest BCUT2D eigenvalue weighted by molar-refractivity contribution is 5.62. The molecule has 5 nitrogen and oxygen atoms in total. The second-order valence-electron chi connectivity index (χ2n) is 3.83. The molecule has 0 saturated carbocycles. The SMILES string of the molecule is CCOC=Nc1c(C#N)c(C)nn1-c1ccccc1. The number of aryl methyl sites for hydroxylation is 1. The van der Waals surface area contributed by atoms with E-state index >= 15 is 0 Å². The van der Waals surface area contributed by atoms with Gasteiger partial charge in [-0.3, -0.25) is 0 Å². The fourth-order valence-corrected chi connectivity index (χ4v) is 1.68. The fourth-order valence-electron chi connectivity index (χ4n) is 1.68. The predicted molar refractivity (Wildman–Crippen MR) is 72.8 cm³/mol. The molecule has 0 amide bonds. The summed E-state index contributed by atoms with van der Waals surface area (Å²) in [5.41, 5.74) is 1.96. The van der Waals surface area contributed by atoms with Crippen molar-refractivity contribution in [1.82, 2.24) is 9.78 Å². The van der Waals surface area contributed by atoms with Crippen molar-refractivity contribution in [3.63, 3.8) is 0 Å². The van der Waals surface area contributed by atoms with Gasteiger partial charge >= 0.3 is 0 Å². The molecular weight excluding hydrogens is 240 g/mol. The second-order valence-corrected chi connectivity index (χ2v) is 3.83. The predicted octanol–water partition coefficient (Wildman–Crippen LogP) is 2.75. The Bertz CT molecular complexity index is 623. The molecule has 0 saturated heterocycles. The molecule has 1 heterocycles. The van der Waals surface area contributed by atoms with Gasteiger partial charge in [-0.15, -0.1) is 0 Å². The highest BCUT2D eigenvalue weighted by Gasteiger charge is 2.15. The van der Waals surface area contributed by atoms with Crippen LogP contribution in [-0.2, 0) is 4.74 Å². The summed E-state index contributed by atoms with van der Waals surface area (Å²) >= 11 is 0. The summed E-state index contributed by atoms with van der Waals surface area (Å²) in [6.45, 7) is 4.19. The summed E-state index contributed by atoms with van der Waals surface area (Å²) in [7, 11) is 0. The molecule has 0 unspecified atom stereocenters. The second kappa shape index (κ2) is 5.83. The summed E-state index contributed by atoms with van der Waals surface area (Å²) in [5, 5.41) is 13.6. The van der Waals surface area contributed by atoms with Crippen LogP contribution in [0.3, 0.4) is 0 Å². The van der Waals surface area contributed by atoms with Gasteiger partial charge in [0.15, 0.2) is 12.2 Å². The van der Waals surface area contributed by atoms with Gasteiger partial charge in [0.05, 0.1) is 18.0 Å². The minimum Gasteiger partial charge on any atom is -0.483 e. The largest absolute Gasteiger partial charge is 0.483 e. The van der Waals surface area contributed by atoms with Crippen LogP contribution < -0.4 is 0 Å². The average Bonchev–Trinajstić information content (AvgIpc) is 2.76. The number of nitriles is 1. The first kappa shape index (κ1) is 12.8. The van der Waals surface area contributed by atoms with Crippen LogP contribution in [0.25, 0.3) is 5.69 Å². The molecule has 0 aliphatic carbocycles. The topological polar surface area (TPSA) is 63.2 Å². The van der Waals surface area contributed by atoms with Crippen molar-refractivity contribution in [1.29, 1.82) is 5.26 Å². The van der Waals surface area contributed by atoms with Crippen LogP contribution in [0, 0.1) is 18.3 Å². The van der Waals surface area contributed by atoms with Gasteiger partial charge in [-0.2, -0.15) is 15.4 Å². The molecule has 0 spiro atoms. The summed E-state index contributed by atoms with van der Waals surface area (Å²) in [6, 6.07) is 11.7. The number of rotatable bonds is 4. The van der Waals surface area contributed by atoms with Crippen molar-refractivity contribution in [3.8, 4) is 11.8 Å². The Labute approximate surface area is 111 Å². The maximum atomic E-state index is 9.20. The zero-order chi connectivity index (χ0) is 13.7. The molecule has 0 atom stereocenters. The first-order chi connectivity index (χ1) is 9.27. The molecule has 0 N–H and O–H groups in total. The Morgan fingerprint density at radius 3 is 2.79 bits per heavy atom. The van der Waals surface area contributed by atoms with Crippen molar-refractivity contribution < 1.29 is 4.74 Å². The molecule has 0 radical (unpaired) electrons. The van der Waals surface area contributed by atoms with Gasteiger partial charge in [0.25, 0.3) is 0 Å². The molecular formula is C14H14N4O. The molecule has 1 aromatic heterocycles. The monoisotopic (exact) mass is 254 g/mol. The van der Waals surface area contributed by atoms with E-state index in [-0.39, 0.29) is 0 Å². The highest BCUT2D eigenvalue weighted by Crippen LogP contribution is 2.25. The summed E-state index contributed by atoms with van der Waals surface area (Å²) < 4.78 is 6.74. The van der Waals surface area contributed by atoms with E-state index in [0.717, 1.165) is 5.69 Å². The number of ether oxygens (including phenoxy) is 1.